The van der Waals surface area contributed by atoms with Crippen LogP contribution in [0, 0.1) is 5.92 Å². The minimum absolute atomic E-state index is 0.511. The number of likely N-dealkylation sites (tertiary alicyclic amines) is 1. The Hall–Kier alpha value is -0.870. The second kappa shape index (κ2) is 5.63. The van der Waals surface area contributed by atoms with Crippen molar-refractivity contribution >= 4 is 0 Å². The van der Waals surface area contributed by atoms with Crippen LogP contribution in [0.3, 0.4) is 0 Å². The highest BCUT2D eigenvalue weighted by atomic mass is 15.3. The fraction of sp³-hybridized carbons (Fsp3) is 0.800. The zero-order chi connectivity index (χ0) is 13.2. The number of hydrogen-bond donors (Lipinski definition) is 1. The molecule has 2 N–H and O–H groups in total. The highest BCUT2D eigenvalue weighted by Crippen LogP contribution is 2.42. The molecular formula is C15H26N4. The van der Waals surface area contributed by atoms with Gasteiger partial charge in [-0.1, -0.05) is 6.92 Å². The van der Waals surface area contributed by atoms with Crippen molar-refractivity contribution in [2.45, 2.75) is 57.7 Å². The van der Waals surface area contributed by atoms with Crippen molar-refractivity contribution in [1.82, 2.24) is 14.7 Å². The summed E-state index contributed by atoms with van der Waals surface area (Å²) < 4.78 is 2.09. The van der Waals surface area contributed by atoms with E-state index in [0.29, 0.717) is 12.0 Å². The number of nitrogens with zero attached hydrogens (tertiary/aromatic N) is 3. The van der Waals surface area contributed by atoms with E-state index in [1.54, 1.807) is 0 Å². The zero-order valence-electron chi connectivity index (χ0n) is 12.0. The molecule has 1 aromatic heterocycles. The summed E-state index contributed by atoms with van der Waals surface area (Å²) in [5.74, 6) is 0.605. The lowest BCUT2D eigenvalue weighted by Gasteiger charge is -2.41. The van der Waals surface area contributed by atoms with Gasteiger partial charge in [0.1, 0.15) is 0 Å². The van der Waals surface area contributed by atoms with Gasteiger partial charge in [0, 0.05) is 30.4 Å². The number of piperidine rings is 1. The second-order valence-electron chi connectivity index (χ2n) is 6.09. The molecule has 2 unspecified atom stereocenters. The smallest absolute Gasteiger partial charge is 0.0537 e. The van der Waals surface area contributed by atoms with Crippen molar-refractivity contribution in [3.63, 3.8) is 0 Å². The van der Waals surface area contributed by atoms with Gasteiger partial charge in [-0.2, -0.15) is 5.10 Å². The van der Waals surface area contributed by atoms with Crippen molar-refractivity contribution in [1.29, 1.82) is 0 Å². The summed E-state index contributed by atoms with van der Waals surface area (Å²) in [6.07, 6.45) is 10.8. The Bertz CT molecular complexity index is 410. The number of aryl methyl sites for hydroxylation is 1. The van der Waals surface area contributed by atoms with Crippen LogP contribution in [0.4, 0.5) is 0 Å². The van der Waals surface area contributed by atoms with Gasteiger partial charge in [-0.15, -0.1) is 0 Å². The topological polar surface area (TPSA) is 47.1 Å². The summed E-state index contributed by atoms with van der Waals surface area (Å²) in [5, 5.41) is 4.51. The summed E-state index contributed by atoms with van der Waals surface area (Å²) in [6.45, 7) is 5.25. The van der Waals surface area contributed by atoms with Gasteiger partial charge in [0.25, 0.3) is 0 Å². The zero-order valence-corrected chi connectivity index (χ0v) is 12.0. The molecule has 1 aliphatic carbocycles. The van der Waals surface area contributed by atoms with E-state index in [4.69, 9.17) is 5.73 Å². The molecule has 2 heterocycles. The number of hydrogen-bond acceptors (Lipinski definition) is 3. The van der Waals surface area contributed by atoms with Crippen LogP contribution in [0.2, 0.25) is 0 Å². The Balaban J connectivity index is 1.82. The first-order valence-corrected chi connectivity index (χ1v) is 7.81. The van der Waals surface area contributed by atoms with Crippen LogP contribution < -0.4 is 5.73 Å². The molecule has 0 aromatic carbocycles. The molecule has 4 nitrogen and oxygen atoms in total. The van der Waals surface area contributed by atoms with Gasteiger partial charge in [-0.3, -0.25) is 9.58 Å². The normalized spacial score (nSPS) is 28.7. The van der Waals surface area contributed by atoms with Gasteiger partial charge < -0.3 is 5.73 Å². The molecule has 0 amide bonds. The van der Waals surface area contributed by atoms with Gasteiger partial charge in [-0.25, -0.2) is 0 Å². The van der Waals surface area contributed by atoms with E-state index < -0.39 is 0 Å². The number of nitrogens with two attached hydrogens (primary N) is 1. The molecule has 2 atom stereocenters. The number of rotatable bonds is 5. The lowest BCUT2D eigenvalue weighted by molar-refractivity contribution is 0.0879. The minimum atomic E-state index is 0.511. The van der Waals surface area contributed by atoms with Crippen LogP contribution in [0.1, 0.15) is 50.6 Å². The Morgan fingerprint density at radius 1 is 1.37 bits per heavy atom. The van der Waals surface area contributed by atoms with Gasteiger partial charge in [0.05, 0.1) is 6.20 Å². The average Bonchev–Trinajstić information content (AvgIpc) is 3.19. The molecule has 0 bridgehead atoms. The maximum atomic E-state index is 6.03. The van der Waals surface area contributed by atoms with E-state index in [1.165, 1.54) is 37.8 Å². The van der Waals surface area contributed by atoms with Crippen LogP contribution >= 0.6 is 0 Å². The van der Waals surface area contributed by atoms with Gasteiger partial charge in [0.15, 0.2) is 0 Å². The molecular weight excluding hydrogens is 236 g/mol. The third-order valence-electron chi connectivity index (χ3n) is 4.56. The first-order valence-electron chi connectivity index (χ1n) is 7.81. The van der Waals surface area contributed by atoms with E-state index in [0.717, 1.165) is 25.6 Å². The molecule has 1 aliphatic heterocycles. The van der Waals surface area contributed by atoms with E-state index in [1.807, 2.05) is 0 Å². The predicted molar refractivity (Wildman–Crippen MR) is 76.8 cm³/mol. The average molecular weight is 262 g/mol. The van der Waals surface area contributed by atoms with Crippen molar-refractivity contribution in [2.24, 2.45) is 11.7 Å². The molecule has 106 valence electrons. The van der Waals surface area contributed by atoms with Crippen LogP contribution in [0.25, 0.3) is 0 Å². The van der Waals surface area contributed by atoms with E-state index in [-0.39, 0.29) is 0 Å². The van der Waals surface area contributed by atoms with Crippen LogP contribution in [0.15, 0.2) is 12.4 Å². The molecule has 2 aliphatic rings. The largest absolute Gasteiger partial charge is 0.330 e. The quantitative estimate of drug-likeness (QED) is 0.884. The highest BCUT2D eigenvalue weighted by molar-refractivity contribution is 5.15. The fourth-order valence-corrected chi connectivity index (χ4v) is 3.51. The van der Waals surface area contributed by atoms with Gasteiger partial charge in [-0.05, 0) is 51.1 Å². The monoisotopic (exact) mass is 262 g/mol. The number of aromatic nitrogens is 2. The van der Waals surface area contributed by atoms with Gasteiger partial charge in [0.2, 0.25) is 0 Å². The Morgan fingerprint density at radius 2 is 2.21 bits per heavy atom. The molecule has 0 radical (unpaired) electrons. The third kappa shape index (κ3) is 2.70. The third-order valence-corrected chi connectivity index (χ3v) is 4.56. The highest BCUT2D eigenvalue weighted by Gasteiger charge is 2.40. The summed E-state index contributed by atoms with van der Waals surface area (Å²) >= 11 is 0. The van der Waals surface area contributed by atoms with E-state index in [2.05, 4.69) is 34.0 Å². The summed E-state index contributed by atoms with van der Waals surface area (Å²) in [5.41, 5.74) is 7.41. The van der Waals surface area contributed by atoms with Crippen LogP contribution in [-0.2, 0) is 6.54 Å². The Kier molecular flexibility index (Phi) is 3.89. The Labute approximate surface area is 116 Å². The summed E-state index contributed by atoms with van der Waals surface area (Å²) in [7, 11) is 0. The maximum absolute atomic E-state index is 6.03. The maximum Gasteiger partial charge on any atom is 0.0537 e. The summed E-state index contributed by atoms with van der Waals surface area (Å²) in [6, 6.07) is 1.32. The van der Waals surface area contributed by atoms with Crippen LogP contribution in [-0.4, -0.2) is 33.8 Å². The lowest BCUT2D eigenvalue weighted by atomic mass is 9.85. The summed E-state index contributed by atoms with van der Waals surface area (Å²) in [4.78, 5) is 2.70. The van der Waals surface area contributed by atoms with Crippen molar-refractivity contribution in [2.75, 3.05) is 13.1 Å². The molecule has 1 saturated carbocycles. The standard InChI is InChI=1S/C15H26N4/c1-2-7-18-11-13(10-17-18)15-12(9-16)4-3-8-19(15)14-5-6-14/h10-12,14-15H,2-9,16H2,1H3. The predicted octanol–water partition coefficient (Wildman–Crippen LogP) is 2.17. The first-order chi connectivity index (χ1) is 9.33. The first kappa shape index (κ1) is 13.1. The fourth-order valence-electron chi connectivity index (χ4n) is 3.51. The molecule has 3 rings (SSSR count). The molecule has 0 spiro atoms. The van der Waals surface area contributed by atoms with E-state index in [9.17, 15) is 0 Å². The SMILES string of the molecule is CCCn1cc(C2C(CN)CCCN2C2CC2)cn1. The van der Waals surface area contributed by atoms with Gasteiger partial charge >= 0.3 is 0 Å². The lowest BCUT2D eigenvalue weighted by Crippen LogP contribution is -2.42. The minimum Gasteiger partial charge on any atom is -0.330 e. The van der Waals surface area contributed by atoms with Crippen LogP contribution in [0.5, 0.6) is 0 Å². The van der Waals surface area contributed by atoms with E-state index >= 15 is 0 Å². The van der Waals surface area contributed by atoms with Crippen molar-refractivity contribution < 1.29 is 0 Å². The molecule has 4 heteroatoms. The molecule has 19 heavy (non-hydrogen) atoms. The Morgan fingerprint density at radius 3 is 2.89 bits per heavy atom. The molecule has 1 saturated heterocycles. The van der Waals surface area contributed by atoms with Crippen molar-refractivity contribution in [3.8, 4) is 0 Å². The second-order valence-corrected chi connectivity index (χ2v) is 6.09. The van der Waals surface area contributed by atoms with Crippen molar-refractivity contribution in [3.05, 3.63) is 18.0 Å². The molecule has 2 fully saturated rings. The molecule has 1 aromatic rings.